The van der Waals surface area contributed by atoms with E-state index < -0.39 is 4.92 Å². The number of hydrogen-bond donors (Lipinski definition) is 1. The normalized spacial score (nSPS) is 10.6. The number of nitrogens with zero attached hydrogens (tertiary/aromatic N) is 3. The molecule has 1 amide bonds. The van der Waals surface area contributed by atoms with Crippen molar-refractivity contribution in [2.75, 3.05) is 11.9 Å². The molecule has 0 saturated carbocycles. The number of nitro groups is 1. The molecule has 9 heteroatoms. The van der Waals surface area contributed by atoms with Crippen molar-refractivity contribution in [3.05, 3.63) is 80.6 Å². The van der Waals surface area contributed by atoms with Gasteiger partial charge in [-0.05, 0) is 56.2 Å². The van der Waals surface area contributed by atoms with Crippen molar-refractivity contribution >= 4 is 17.3 Å². The summed E-state index contributed by atoms with van der Waals surface area (Å²) in [6, 6.07) is 15.1. The Kier molecular flexibility index (Phi) is 7.33. The predicted molar refractivity (Wildman–Crippen MR) is 121 cm³/mol. The highest BCUT2D eigenvalue weighted by Gasteiger charge is 2.17. The molecule has 9 nitrogen and oxygen atoms in total. The van der Waals surface area contributed by atoms with Crippen molar-refractivity contribution in [1.82, 2.24) is 9.78 Å². The summed E-state index contributed by atoms with van der Waals surface area (Å²) in [4.78, 5) is 35.2. The van der Waals surface area contributed by atoms with E-state index in [0.29, 0.717) is 24.3 Å². The van der Waals surface area contributed by atoms with Gasteiger partial charge in [0.15, 0.2) is 0 Å². The molecule has 1 heterocycles. The van der Waals surface area contributed by atoms with Gasteiger partial charge >= 0.3 is 0 Å². The molecule has 3 rings (SSSR count). The van der Waals surface area contributed by atoms with Crippen LogP contribution in [0.4, 0.5) is 11.4 Å². The lowest BCUT2D eigenvalue weighted by molar-refractivity contribution is -0.384. The van der Waals surface area contributed by atoms with Crippen molar-refractivity contribution in [3.8, 4) is 17.0 Å². The Morgan fingerprint density at radius 3 is 2.59 bits per heavy atom. The lowest BCUT2D eigenvalue weighted by Crippen LogP contribution is -2.23. The van der Waals surface area contributed by atoms with E-state index in [-0.39, 0.29) is 35.8 Å². The zero-order chi connectivity index (χ0) is 23.1. The highest BCUT2D eigenvalue weighted by atomic mass is 16.6. The Morgan fingerprint density at radius 2 is 1.91 bits per heavy atom. The quantitative estimate of drug-likeness (QED) is 0.401. The second-order valence-electron chi connectivity index (χ2n) is 7.12. The SMILES string of the molecule is CCOc1ccc(-c2ccc(=O)n(CCCC(=O)Nc3c(C)cccc3[N+](=O)[O-])n2)cc1. The van der Waals surface area contributed by atoms with Crippen LogP contribution >= 0.6 is 0 Å². The third-order valence-electron chi connectivity index (χ3n) is 4.81. The summed E-state index contributed by atoms with van der Waals surface area (Å²) >= 11 is 0. The number of benzene rings is 2. The molecule has 0 saturated heterocycles. The third kappa shape index (κ3) is 5.57. The predicted octanol–water partition coefficient (Wildman–Crippen LogP) is 3.94. The van der Waals surface area contributed by atoms with Crippen molar-refractivity contribution in [1.29, 1.82) is 0 Å². The van der Waals surface area contributed by atoms with E-state index in [2.05, 4.69) is 10.4 Å². The number of nitrogens with one attached hydrogen (secondary N) is 1. The van der Waals surface area contributed by atoms with Gasteiger partial charge in [0, 0.05) is 30.7 Å². The fraction of sp³-hybridized carbons (Fsp3) is 0.261. The molecular formula is C23H24N4O5. The first kappa shape index (κ1) is 22.7. The molecule has 0 aliphatic heterocycles. The van der Waals surface area contributed by atoms with Gasteiger partial charge in [-0.25, -0.2) is 4.68 Å². The minimum absolute atomic E-state index is 0.0902. The zero-order valence-electron chi connectivity index (χ0n) is 17.9. The van der Waals surface area contributed by atoms with Crippen molar-refractivity contribution in [3.63, 3.8) is 0 Å². The molecule has 1 aromatic heterocycles. The second-order valence-corrected chi connectivity index (χ2v) is 7.12. The van der Waals surface area contributed by atoms with Crippen LogP contribution in [-0.4, -0.2) is 27.2 Å². The Morgan fingerprint density at radius 1 is 1.16 bits per heavy atom. The lowest BCUT2D eigenvalue weighted by Gasteiger charge is -2.10. The molecule has 0 atom stereocenters. The van der Waals surface area contributed by atoms with Crippen LogP contribution in [-0.2, 0) is 11.3 Å². The van der Waals surface area contributed by atoms with E-state index in [9.17, 15) is 19.7 Å². The lowest BCUT2D eigenvalue weighted by atomic mass is 10.1. The van der Waals surface area contributed by atoms with E-state index in [4.69, 9.17) is 4.74 Å². The zero-order valence-corrected chi connectivity index (χ0v) is 17.9. The minimum atomic E-state index is -0.529. The molecule has 0 aliphatic rings. The highest BCUT2D eigenvalue weighted by molar-refractivity contribution is 5.94. The second kappa shape index (κ2) is 10.3. The van der Waals surface area contributed by atoms with Crippen molar-refractivity contribution < 1.29 is 14.5 Å². The van der Waals surface area contributed by atoms with Crippen LogP contribution < -0.4 is 15.6 Å². The van der Waals surface area contributed by atoms with Gasteiger partial charge in [0.2, 0.25) is 5.91 Å². The highest BCUT2D eigenvalue weighted by Crippen LogP contribution is 2.27. The molecule has 0 unspecified atom stereocenters. The van der Waals surface area contributed by atoms with Gasteiger partial charge in [0.1, 0.15) is 11.4 Å². The van der Waals surface area contributed by atoms with Crippen LogP contribution in [0.3, 0.4) is 0 Å². The first-order valence-electron chi connectivity index (χ1n) is 10.2. The van der Waals surface area contributed by atoms with Crippen molar-refractivity contribution in [2.45, 2.75) is 33.2 Å². The van der Waals surface area contributed by atoms with Gasteiger partial charge < -0.3 is 10.1 Å². The third-order valence-corrected chi connectivity index (χ3v) is 4.81. The molecule has 166 valence electrons. The standard InChI is InChI=1S/C23H24N4O5/c1-3-32-18-11-9-17(10-12-18)19-13-14-22(29)26(25-19)15-5-8-21(28)24-23-16(2)6-4-7-20(23)27(30)31/h4,6-7,9-14H,3,5,8,15H2,1-2H3,(H,24,28). The smallest absolute Gasteiger partial charge is 0.293 e. The van der Waals surface area contributed by atoms with Crippen molar-refractivity contribution in [2.24, 2.45) is 0 Å². The maximum atomic E-state index is 12.3. The summed E-state index contributed by atoms with van der Waals surface area (Å²) in [5.41, 5.74) is 1.84. The fourth-order valence-corrected chi connectivity index (χ4v) is 3.21. The molecule has 0 bridgehead atoms. The molecule has 0 fully saturated rings. The Hall–Kier alpha value is -4.01. The molecular weight excluding hydrogens is 412 g/mol. The number of para-hydroxylation sites is 1. The average Bonchev–Trinajstić information content (AvgIpc) is 2.77. The topological polar surface area (TPSA) is 116 Å². The largest absolute Gasteiger partial charge is 0.494 e. The number of aryl methyl sites for hydroxylation is 2. The van der Waals surface area contributed by atoms with Crippen LogP contribution in [0.1, 0.15) is 25.3 Å². The summed E-state index contributed by atoms with van der Waals surface area (Å²) < 4.78 is 6.75. The van der Waals surface area contributed by atoms with Crippen LogP contribution in [0.15, 0.2) is 59.4 Å². The number of nitro benzene ring substituents is 1. The summed E-state index contributed by atoms with van der Waals surface area (Å²) in [7, 11) is 0. The van der Waals surface area contributed by atoms with Crippen LogP contribution in [0, 0.1) is 17.0 Å². The van der Waals surface area contributed by atoms with Gasteiger partial charge in [-0.1, -0.05) is 12.1 Å². The summed E-state index contributed by atoms with van der Waals surface area (Å²) in [6.07, 6.45) is 0.442. The number of carbonyl (C=O) groups is 1. The Balaban J connectivity index is 1.64. The molecule has 0 aliphatic carbocycles. The summed E-state index contributed by atoms with van der Waals surface area (Å²) in [5.74, 6) is 0.391. The Labute approximate surface area is 184 Å². The van der Waals surface area contributed by atoms with Gasteiger partial charge in [0.25, 0.3) is 11.2 Å². The molecule has 3 aromatic rings. The van der Waals surface area contributed by atoms with E-state index in [1.807, 2.05) is 31.2 Å². The number of amides is 1. The Bertz CT molecular complexity index is 1170. The number of ether oxygens (including phenoxy) is 1. The molecule has 0 radical (unpaired) electrons. The maximum absolute atomic E-state index is 12.3. The van der Waals surface area contributed by atoms with Gasteiger partial charge in [0.05, 0.1) is 17.2 Å². The van der Waals surface area contributed by atoms with Crippen LogP contribution in [0.2, 0.25) is 0 Å². The monoisotopic (exact) mass is 436 g/mol. The number of hydrogen-bond acceptors (Lipinski definition) is 6. The van der Waals surface area contributed by atoms with E-state index in [1.54, 1.807) is 25.1 Å². The van der Waals surface area contributed by atoms with Crippen LogP contribution in [0.5, 0.6) is 5.75 Å². The van der Waals surface area contributed by atoms with E-state index >= 15 is 0 Å². The molecule has 1 N–H and O–H groups in total. The molecule has 2 aromatic carbocycles. The number of carbonyl (C=O) groups excluding carboxylic acids is 1. The average molecular weight is 436 g/mol. The summed E-state index contributed by atoms with van der Waals surface area (Å²) in [5, 5.41) is 18.2. The van der Waals surface area contributed by atoms with Gasteiger partial charge in [-0.2, -0.15) is 5.10 Å². The first-order valence-corrected chi connectivity index (χ1v) is 10.2. The number of anilines is 1. The number of rotatable bonds is 9. The van der Waals surface area contributed by atoms with Gasteiger partial charge in [-0.15, -0.1) is 0 Å². The fourth-order valence-electron chi connectivity index (χ4n) is 3.21. The molecule has 0 spiro atoms. The van der Waals surface area contributed by atoms with E-state index in [1.165, 1.54) is 16.8 Å². The maximum Gasteiger partial charge on any atom is 0.293 e. The minimum Gasteiger partial charge on any atom is -0.494 e. The van der Waals surface area contributed by atoms with Crippen LogP contribution in [0.25, 0.3) is 11.3 Å². The summed E-state index contributed by atoms with van der Waals surface area (Å²) in [6.45, 7) is 4.42. The number of aromatic nitrogens is 2. The first-order chi connectivity index (χ1) is 15.4. The van der Waals surface area contributed by atoms with E-state index in [0.717, 1.165) is 11.3 Å². The molecule has 32 heavy (non-hydrogen) atoms. The van der Waals surface area contributed by atoms with Gasteiger partial charge in [-0.3, -0.25) is 19.7 Å².